The zero-order valence-corrected chi connectivity index (χ0v) is 14.6. The lowest BCUT2D eigenvalue weighted by Crippen LogP contribution is -2.30. The maximum absolute atomic E-state index is 12.7. The van der Waals surface area contributed by atoms with Crippen LogP contribution in [0.3, 0.4) is 0 Å². The predicted molar refractivity (Wildman–Crippen MR) is 93.3 cm³/mol. The number of amides is 1. The summed E-state index contributed by atoms with van der Waals surface area (Å²) >= 11 is 0. The quantitative estimate of drug-likeness (QED) is 0.665. The van der Waals surface area contributed by atoms with Gasteiger partial charge in [0.15, 0.2) is 11.7 Å². The van der Waals surface area contributed by atoms with E-state index >= 15 is 0 Å². The van der Waals surface area contributed by atoms with Crippen molar-refractivity contribution in [2.24, 2.45) is 0 Å². The van der Waals surface area contributed by atoms with Crippen LogP contribution in [-0.4, -0.2) is 23.1 Å². The van der Waals surface area contributed by atoms with Gasteiger partial charge in [-0.15, -0.1) is 0 Å². The summed E-state index contributed by atoms with van der Waals surface area (Å²) in [6.45, 7) is 1.32. The van der Waals surface area contributed by atoms with E-state index in [1.807, 2.05) is 0 Å². The molecule has 0 aliphatic carbocycles. The third-order valence-electron chi connectivity index (χ3n) is 3.90. The van der Waals surface area contributed by atoms with Crippen molar-refractivity contribution in [2.75, 3.05) is 5.32 Å². The van der Waals surface area contributed by atoms with Crippen LogP contribution < -0.4 is 5.32 Å². The van der Waals surface area contributed by atoms with E-state index < -0.39 is 29.7 Å². The Kier molecular flexibility index (Phi) is 5.34. The van der Waals surface area contributed by atoms with Crippen molar-refractivity contribution in [3.05, 3.63) is 59.8 Å². The number of hydrogen-bond acceptors (Lipinski definition) is 5. The summed E-state index contributed by atoms with van der Waals surface area (Å²) in [5.74, 6) is -1.47. The van der Waals surface area contributed by atoms with Crippen molar-refractivity contribution < 1.29 is 32.0 Å². The van der Waals surface area contributed by atoms with Crippen LogP contribution in [0.1, 0.15) is 18.2 Å². The molecule has 1 amide bonds. The number of anilines is 1. The fraction of sp³-hybridized carbons (Fsp3) is 0.211. The van der Waals surface area contributed by atoms with E-state index in [2.05, 4.69) is 10.5 Å². The zero-order chi connectivity index (χ0) is 20.3. The van der Waals surface area contributed by atoms with Gasteiger partial charge < -0.3 is 14.6 Å². The first-order valence-corrected chi connectivity index (χ1v) is 8.25. The van der Waals surface area contributed by atoms with Crippen molar-refractivity contribution >= 4 is 28.5 Å². The number of nitrogens with one attached hydrogen (secondary N) is 1. The van der Waals surface area contributed by atoms with Crippen LogP contribution in [-0.2, 0) is 26.9 Å². The lowest BCUT2D eigenvalue weighted by Gasteiger charge is -2.14. The molecule has 28 heavy (non-hydrogen) atoms. The van der Waals surface area contributed by atoms with Gasteiger partial charge in [0.05, 0.1) is 12.0 Å². The number of esters is 1. The van der Waals surface area contributed by atoms with E-state index in [9.17, 15) is 22.8 Å². The van der Waals surface area contributed by atoms with Gasteiger partial charge in [0.2, 0.25) is 0 Å². The van der Waals surface area contributed by atoms with Gasteiger partial charge in [0, 0.05) is 11.1 Å². The molecule has 3 aromatic rings. The zero-order valence-electron chi connectivity index (χ0n) is 14.6. The lowest BCUT2D eigenvalue weighted by molar-refractivity contribution is -0.152. The Hall–Kier alpha value is -3.36. The number of hydrogen-bond donors (Lipinski definition) is 1. The largest absolute Gasteiger partial charge is 0.452 e. The van der Waals surface area contributed by atoms with Gasteiger partial charge in [-0.05, 0) is 37.3 Å². The second kappa shape index (κ2) is 7.71. The summed E-state index contributed by atoms with van der Waals surface area (Å²) in [6, 6.07) is 11.1. The number of alkyl halides is 3. The Balaban J connectivity index is 1.60. The molecule has 0 saturated carbocycles. The van der Waals surface area contributed by atoms with Gasteiger partial charge in [0.25, 0.3) is 5.91 Å². The number of carbonyl (C=O) groups is 2. The minimum Gasteiger partial charge on any atom is -0.452 e. The molecule has 1 N–H and O–H groups in total. The average Bonchev–Trinajstić information content (AvgIpc) is 3.04. The maximum atomic E-state index is 12.7. The molecule has 1 aromatic heterocycles. The number of fused-ring (bicyclic) bond motifs is 1. The molecule has 0 saturated heterocycles. The number of nitrogens with zero attached hydrogens (tertiary/aromatic N) is 1. The monoisotopic (exact) mass is 392 g/mol. The number of benzene rings is 2. The normalized spacial score (nSPS) is 12.6. The third-order valence-corrected chi connectivity index (χ3v) is 3.90. The molecule has 0 fully saturated rings. The fourth-order valence-electron chi connectivity index (χ4n) is 2.51. The van der Waals surface area contributed by atoms with Crippen molar-refractivity contribution in [3.8, 4) is 0 Å². The van der Waals surface area contributed by atoms with Crippen LogP contribution in [0.2, 0.25) is 0 Å². The molecule has 0 unspecified atom stereocenters. The molecule has 3 rings (SSSR count). The topological polar surface area (TPSA) is 81.4 Å². The summed E-state index contributed by atoms with van der Waals surface area (Å²) < 4.78 is 48.3. The second-order valence-electron chi connectivity index (χ2n) is 6.00. The minimum atomic E-state index is -4.53. The number of rotatable bonds is 5. The molecule has 1 heterocycles. The van der Waals surface area contributed by atoms with Gasteiger partial charge in [0.1, 0.15) is 5.69 Å². The van der Waals surface area contributed by atoms with Crippen LogP contribution in [0.4, 0.5) is 18.9 Å². The average molecular weight is 392 g/mol. The van der Waals surface area contributed by atoms with Crippen LogP contribution >= 0.6 is 0 Å². The van der Waals surface area contributed by atoms with Crippen molar-refractivity contribution in [2.45, 2.75) is 25.6 Å². The van der Waals surface area contributed by atoms with Gasteiger partial charge in [-0.2, -0.15) is 13.2 Å². The van der Waals surface area contributed by atoms with E-state index in [1.165, 1.54) is 19.1 Å². The van der Waals surface area contributed by atoms with Crippen LogP contribution in [0.25, 0.3) is 11.0 Å². The number of para-hydroxylation sites is 1. The molecule has 0 aliphatic heterocycles. The summed E-state index contributed by atoms with van der Waals surface area (Å²) in [5, 5.41) is 6.76. The summed E-state index contributed by atoms with van der Waals surface area (Å²) in [4.78, 5) is 24.2. The van der Waals surface area contributed by atoms with Gasteiger partial charge in [-0.3, -0.25) is 9.59 Å². The highest BCUT2D eigenvalue weighted by atomic mass is 19.4. The molecule has 1 atom stereocenters. The molecule has 0 radical (unpaired) electrons. The van der Waals surface area contributed by atoms with Gasteiger partial charge in [-0.25, -0.2) is 0 Å². The van der Waals surface area contributed by atoms with E-state index in [0.29, 0.717) is 16.7 Å². The Morgan fingerprint density at radius 1 is 1.18 bits per heavy atom. The number of halogens is 3. The number of aromatic nitrogens is 1. The summed E-state index contributed by atoms with van der Waals surface area (Å²) in [5.41, 5.74) is -0.0650. The lowest BCUT2D eigenvalue weighted by atomic mass is 10.2. The number of carbonyl (C=O) groups excluding carboxylic acids is 2. The van der Waals surface area contributed by atoms with Gasteiger partial charge >= 0.3 is 12.1 Å². The molecule has 0 bridgehead atoms. The maximum Gasteiger partial charge on any atom is 0.416 e. The first kappa shape index (κ1) is 19.4. The van der Waals surface area contributed by atoms with Crippen molar-refractivity contribution in [1.82, 2.24) is 5.16 Å². The molecule has 2 aromatic carbocycles. The molecular weight excluding hydrogens is 377 g/mol. The van der Waals surface area contributed by atoms with Crippen LogP contribution in [0.5, 0.6) is 0 Å². The predicted octanol–water partition coefficient (Wildman–Crippen LogP) is 3.96. The highest BCUT2D eigenvalue weighted by molar-refractivity contribution is 5.95. The highest BCUT2D eigenvalue weighted by Crippen LogP contribution is 2.30. The summed E-state index contributed by atoms with van der Waals surface area (Å²) in [7, 11) is 0. The fourth-order valence-corrected chi connectivity index (χ4v) is 2.51. The smallest absolute Gasteiger partial charge is 0.416 e. The molecule has 9 heteroatoms. The minimum absolute atomic E-state index is 0.0507. The Bertz CT molecular complexity index is 1010. The second-order valence-corrected chi connectivity index (χ2v) is 6.00. The van der Waals surface area contributed by atoms with Gasteiger partial charge in [-0.1, -0.05) is 23.4 Å². The molecule has 0 spiro atoms. The third kappa shape index (κ3) is 4.48. The standard InChI is InChI=1S/C19H15F3N2O4/c1-11(18(26)23-13-6-4-5-12(9-13)19(20,21)22)27-17(25)10-15-14-7-2-3-8-16(14)28-24-15/h2-9,11H,10H2,1H3,(H,23,26)/t11-/m1/s1. The number of ether oxygens (including phenoxy) is 1. The van der Waals surface area contributed by atoms with E-state index in [-0.39, 0.29) is 12.1 Å². The Labute approximate surface area is 157 Å². The van der Waals surface area contributed by atoms with Crippen molar-refractivity contribution in [3.63, 3.8) is 0 Å². The van der Waals surface area contributed by atoms with E-state index in [0.717, 1.165) is 12.1 Å². The molecule has 0 aliphatic rings. The SMILES string of the molecule is C[C@@H](OC(=O)Cc1noc2ccccc12)C(=O)Nc1cccc(C(F)(F)F)c1. The first-order valence-electron chi connectivity index (χ1n) is 8.25. The molecular formula is C19H15F3N2O4. The van der Waals surface area contributed by atoms with Crippen molar-refractivity contribution in [1.29, 1.82) is 0 Å². The van der Waals surface area contributed by atoms with Crippen LogP contribution in [0.15, 0.2) is 53.1 Å². The summed E-state index contributed by atoms with van der Waals surface area (Å²) in [6.07, 6.45) is -5.95. The van der Waals surface area contributed by atoms with Crippen LogP contribution in [0, 0.1) is 0 Å². The highest BCUT2D eigenvalue weighted by Gasteiger charge is 2.30. The molecule has 146 valence electrons. The Morgan fingerprint density at radius 3 is 2.68 bits per heavy atom. The van der Waals surface area contributed by atoms with E-state index in [1.54, 1.807) is 24.3 Å². The first-order chi connectivity index (χ1) is 13.2. The molecule has 6 nitrogen and oxygen atoms in total. The van der Waals surface area contributed by atoms with E-state index in [4.69, 9.17) is 9.26 Å². The Morgan fingerprint density at radius 2 is 1.93 bits per heavy atom.